The molecule has 0 fully saturated rings. The van der Waals surface area contributed by atoms with E-state index in [2.05, 4.69) is 10.6 Å². The van der Waals surface area contributed by atoms with Gasteiger partial charge in [0.1, 0.15) is 11.3 Å². The maximum atomic E-state index is 12.7. The molecular weight excluding hydrogens is 480 g/mol. The number of hydrogen-bond donors (Lipinski definition) is 2. The van der Waals surface area contributed by atoms with Crippen molar-refractivity contribution < 1.29 is 26.9 Å². The minimum atomic E-state index is -4.11. The molecule has 0 heterocycles. The van der Waals surface area contributed by atoms with Crippen LogP contribution in [0.2, 0.25) is 0 Å². The van der Waals surface area contributed by atoms with Crippen molar-refractivity contribution >= 4 is 44.3 Å². The highest BCUT2D eigenvalue weighted by atomic mass is 32.2. The molecule has 9 heteroatoms. The highest BCUT2D eigenvalue weighted by Gasteiger charge is 2.21. The summed E-state index contributed by atoms with van der Waals surface area (Å²) in [6.07, 6.45) is 0. The highest BCUT2D eigenvalue weighted by Crippen LogP contribution is 2.28. The van der Waals surface area contributed by atoms with E-state index in [-0.39, 0.29) is 23.6 Å². The van der Waals surface area contributed by atoms with Gasteiger partial charge in [-0.2, -0.15) is 8.42 Å². The van der Waals surface area contributed by atoms with Crippen LogP contribution in [0.15, 0.2) is 91.0 Å². The molecule has 0 saturated heterocycles. The topological polar surface area (TPSA) is 111 Å². The van der Waals surface area contributed by atoms with Crippen LogP contribution in [-0.4, -0.2) is 27.0 Å². The molecule has 0 unspecified atom stereocenters. The van der Waals surface area contributed by atoms with E-state index in [1.165, 1.54) is 18.2 Å². The van der Waals surface area contributed by atoms with Crippen LogP contribution < -0.4 is 14.8 Å². The number of rotatable bonds is 8. The molecule has 4 aromatic carbocycles. The predicted molar refractivity (Wildman–Crippen MR) is 139 cm³/mol. The number of hydrogen-bond acceptors (Lipinski definition) is 6. The van der Waals surface area contributed by atoms with Gasteiger partial charge in [-0.25, -0.2) is 9.59 Å². The molecule has 4 rings (SSSR count). The lowest BCUT2D eigenvalue weighted by molar-refractivity contribution is 0.0524. The van der Waals surface area contributed by atoms with E-state index in [9.17, 15) is 18.0 Å². The van der Waals surface area contributed by atoms with Gasteiger partial charge >= 0.3 is 22.1 Å². The Kier molecular flexibility index (Phi) is 7.50. The normalized spacial score (nSPS) is 11.0. The summed E-state index contributed by atoms with van der Waals surface area (Å²) >= 11 is 0. The Balaban J connectivity index is 1.57. The first-order chi connectivity index (χ1) is 17.3. The first-order valence-corrected chi connectivity index (χ1v) is 12.8. The van der Waals surface area contributed by atoms with Gasteiger partial charge in [0.15, 0.2) is 5.75 Å². The Morgan fingerprint density at radius 2 is 1.56 bits per heavy atom. The lowest BCUT2D eigenvalue weighted by Gasteiger charge is -2.14. The summed E-state index contributed by atoms with van der Waals surface area (Å²) in [4.78, 5) is 25.1. The summed E-state index contributed by atoms with van der Waals surface area (Å²) < 4.78 is 35.8. The van der Waals surface area contributed by atoms with Gasteiger partial charge in [0, 0.05) is 17.1 Å². The molecule has 0 saturated carbocycles. The number of urea groups is 1. The van der Waals surface area contributed by atoms with Crippen molar-refractivity contribution in [3.63, 3.8) is 0 Å². The maximum absolute atomic E-state index is 12.7. The van der Waals surface area contributed by atoms with Crippen molar-refractivity contribution in [3.8, 4) is 5.75 Å². The van der Waals surface area contributed by atoms with Gasteiger partial charge in [0.25, 0.3) is 0 Å². The Hall–Kier alpha value is -4.37. The van der Waals surface area contributed by atoms with Gasteiger partial charge in [0.05, 0.1) is 12.3 Å². The third-order valence-corrected chi connectivity index (χ3v) is 6.30. The molecule has 184 valence electrons. The fraction of sp³-hybridized carbons (Fsp3) is 0.111. The fourth-order valence-corrected chi connectivity index (χ4v) is 4.68. The van der Waals surface area contributed by atoms with Gasteiger partial charge in [-0.1, -0.05) is 66.7 Å². The van der Waals surface area contributed by atoms with E-state index < -0.39 is 27.9 Å². The van der Waals surface area contributed by atoms with Crippen molar-refractivity contribution in [3.05, 3.63) is 102 Å². The van der Waals surface area contributed by atoms with Gasteiger partial charge in [-0.15, -0.1) is 0 Å². The number of nitrogens with one attached hydrogen (secondary N) is 2. The molecule has 2 amide bonds. The average Bonchev–Trinajstić information content (AvgIpc) is 2.84. The van der Waals surface area contributed by atoms with E-state index in [0.29, 0.717) is 11.3 Å². The van der Waals surface area contributed by atoms with Crippen LogP contribution in [0.3, 0.4) is 0 Å². The predicted octanol–water partition coefficient (Wildman–Crippen LogP) is 5.57. The number of amides is 2. The van der Waals surface area contributed by atoms with E-state index in [1.54, 1.807) is 43.3 Å². The molecule has 0 aliphatic rings. The third-order valence-electron chi connectivity index (χ3n) is 5.18. The van der Waals surface area contributed by atoms with E-state index in [1.807, 2.05) is 36.4 Å². The number of fused-ring (bicyclic) bond motifs is 1. The first-order valence-electron chi connectivity index (χ1n) is 11.2. The van der Waals surface area contributed by atoms with Crippen molar-refractivity contribution in [1.29, 1.82) is 0 Å². The van der Waals surface area contributed by atoms with E-state index >= 15 is 0 Å². The van der Waals surface area contributed by atoms with Crippen LogP contribution >= 0.6 is 0 Å². The average molecular weight is 505 g/mol. The number of anilines is 2. The van der Waals surface area contributed by atoms with Crippen LogP contribution in [0.4, 0.5) is 16.2 Å². The van der Waals surface area contributed by atoms with Crippen LogP contribution in [-0.2, 0) is 20.6 Å². The molecular formula is C27H24N2O6S. The quantitative estimate of drug-likeness (QED) is 0.240. The molecule has 0 aliphatic carbocycles. The lowest BCUT2D eigenvalue weighted by Crippen LogP contribution is -2.20. The minimum absolute atomic E-state index is 0.0755. The lowest BCUT2D eigenvalue weighted by atomic mass is 10.1. The summed E-state index contributed by atoms with van der Waals surface area (Å²) in [6.45, 7) is 1.74. The second-order valence-electron chi connectivity index (χ2n) is 7.81. The van der Waals surface area contributed by atoms with Crippen LogP contribution in [0, 0.1) is 0 Å². The second kappa shape index (κ2) is 10.9. The number of ether oxygens (including phenoxy) is 1. The van der Waals surface area contributed by atoms with Crippen LogP contribution in [0.5, 0.6) is 5.75 Å². The number of carbonyl (C=O) groups is 2. The fourth-order valence-electron chi connectivity index (χ4n) is 3.61. The SMILES string of the molecule is CCOC(=O)c1ccc(NC(=O)Nc2cccc3ccccc23)cc1OS(=O)(=O)Cc1ccccc1. The number of benzene rings is 4. The van der Waals surface area contributed by atoms with Gasteiger partial charge in [0.2, 0.25) is 0 Å². The van der Waals surface area contributed by atoms with Gasteiger partial charge in [-0.05, 0) is 36.1 Å². The van der Waals surface area contributed by atoms with E-state index in [0.717, 1.165) is 10.8 Å². The zero-order chi connectivity index (χ0) is 25.5. The highest BCUT2D eigenvalue weighted by molar-refractivity contribution is 7.86. The van der Waals surface area contributed by atoms with Gasteiger partial charge < -0.3 is 19.6 Å². The Morgan fingerprint density at radius 3 is 2.33 bits per heavy atom. The zero-order valence-corrected chi connectivity index (χ0v) is 20.2. The maximum Gasteiger partial charge on any atom is 0.341 e. The molecule has 0 aromatic heterocycles. The van der Waals surface area contributed by atoms with E-state index in [4.69, 9.17) is 8.92 Å². The molecule has 36 heavy (non-hydrogen) atoms. The monoisotopic (exact) mass is 504 g/mol. The smallest absolute Gasteiger partial charge is 0.341 e. The summed E-state index contributed by atoms with van der Waals surface area (Å²) in [7, 11) is -4.11. The minimum Gasteiger partial charge on any atom is -0.462 e. The summed E-state index contributed by atoms with van der Waals surface area (Å²) in [6, 6.07) is 25.2. The Morgan fingerprint density at radius 1 is 0.833 bits per heavy atom. The van der Waals surface area contributed by atoms with Crippen LogP contribution in [0.25, 0.3) is 10.8 Å². The Bertz CT molecular complexity index is 1500. The van der Waals surface area contributed by atoms with Crippen LogP contribution in [0.1, 0.15) is 22.8 Å². The number of carbonyl (C=O) groups excluding carboxylic acids is 2. The van der Waals surface area contributed by atoms with Gasteiger partial charge in [-0.3, -0.25) is 0 Å². The summed E-state index contributed by atoms with van der Waals surface area (Å²) in [5.74, 6) is -1.38. The molecule has 2 N–H and O–H groups in total. The number of esters is 1. The largest absolute Gasteiger partial charge is 0.462 e. The first kappa shape index (κ1) is 24.7. The van der Waals surface area contributed by atoms with Crippen molar-refractivity contribution in [2.24, 2.45) is 0 Å². The van der Waals surface area contributed by atoms with Crippen molar-refractivity contribution in [1.82, 2.24) is 0 Å². The standard InChI is InChI=1S/C27H24N2O6S/c1-2-34-26(30)23-16-15-21(17-25(23)35-36(32,33)18-19-9-4-3-5-10-19)28-27(31)29-24-14-8-12-20-11-6-7-13-22(20)24/h3-17H,2,18H2,1H3,(H2,28,29,31). The Labute approximate surface area is 209 Å². The van der Waals surface area contributed by atoms with Crippen molar-refractivity contribution in [2.45, 2.75) is 12.7 Å². The summed E-state index contributed by atoms with van der Waals surface area (Å²) in [5.41, 5.74) is 1.29. The zero-order valence-electron chi connectivity index (χ0n) is 19.4. The molecule has 0 radical (unpaired) electrons. The molecule has 0 atom stereocenters. The van der Waals surface area contributed by atoms with Crippen molar-refractivity contribution in [2.75, 3.05) is 17.2 Å². The summed E-state index contributed by atoms with van der Waals surface area (Å²) in [5, 5.41) is 7.27. The molecule has 8 nitrogen and oxygen atoms in total. The molecule has 0 bridgehead atoms. The second-order valence-corrected chi connectivity index (χ2v) is 9.38. The third kappa shape index (κ3) is 6.19. The molecule has 0 spiro atoms. The molecule has 0 aliphatic heterocycles. The molecule has 4 aromatic rings.